The van der Waals surface area contributed by atoms with E-state index in [1.54, 1.807) is 25.5 Å². The topological polar surface area (TPSA) is 97.1 Å². The predicted octanol–water partition coefficient (Wildman–Crippen LogP) is 2.75. The normalized spacial score (nSPS) is 21.4. The number of furan rings is 1. The number of piperazine rings is 1. The van der Waals surface area contributed by atoms with Crippen LogP contribution in [0.2, 0.25) is 0 Å². The Hall–Kier alpha value is -2.11. The molecule has 0 atom stereocenters. The van der Waals surface area contributed by atoms with Crippen molar-refractivity contribution in [2.45, 2.75) is 31.3 Å². The third kappa shape index (κ3) is 5.41. The summed E-state index contributed by atoms with van der Waals surface area (Å²) in [5.41, 5.74) is 0.568. The molecule has 3 aliphatic rings. The number of hydrogen-bond donors (Lipinski definition) is 1. The zero-order valence-corrected chi connectivity index (χ0v) is 20.4. The molecule has 1 amide bonds. The fourth-order valence-corrected chi connectivity index (χ4v) is 5.71. The third-order valence-electron chi connectivity index (χ3n) is 7.03. The number of carbonyl (C=O) groups excluding carboxylic acids is 2. The summed E-state index contributed by atoms with van der Waals surface area (Å²) in [6.07, 6.45) is 5.24. The SMILES string of the molecule is COC1(CN2CCN(CC(=O)Nc3nc(-c4ccco4)c(C(=O)C4CCOCC4)s3)CC2)CC1. The van der Waals surface area contributed by atoms with Crippen molar-refractivity contribution in [2.24, 2.45) is 5.92 Å². The molecule has 5 rings (SSSR count). The molecule has 1 N–H and O–H groups in total. The number of Topliss-reactive ketones (excluding diaryl/α,β-unsaturated/α-hetero) is 1. The van der Waals surface area contributed by atoms with Crippen molar-refractivity contribution < 1.29 is 23.5 Å². The van der Waals surface area contributed by atoms with Gasteiger partial charge in [-0.05, 0) is 37.8 Å². The van der Waals surface area contributed by atoms with Crippen molar-refractivity contribution in [2.75, 3.05) is 64.9 Å². The van der Waals surface area contributed by atoms with Crippen molar-refractivity contribution in [1.29, 1.82) is 0 Å². The largest absolute Gasteiger partial charge is 0.463 e. The number of amides is 1. The summed E-state index contributed by atoms with van der Waals surface area (Å²) in [5, 5.41) is 3.34. The second kappa shape index (κ2) is 10.2. The van der Waals surface area contributed by atoms with Crippen LogP contribution in [0.5, 0.6) is 0 Å². The zero-order chi connectivity index (χ0) is 23.5. The quantitative estimate of drug-likeness (QED) is 0.538. The second-order valence-electron chi connectivity index (χ2n) is 9.41. The van der Waals surface area contributed by atoms with Gasteiger partial charge in [0.2, 0.25) is 5.91 Å². The van der Waals surface area contributed by atoms with Gasteiger partial charge in [-0.25, -0.2) is 4.98 Å². The molecule has 2 saturated heterocycles. The number of carbonyl (C=O) groups is 2. The Balaban J connectivity index is 1.19. The number of rotatable bonds is 9. The van der Waals surface area contributed by atoms with Crippen LogP contribution in [0, 0.1) is 5.92 Å². The van der Waals surface area contributed by atoms with Crippen molar-refractivity contribution in [3.8, 4) is 11.5 Å². The van der Waals surface area contributed by atoms with Crippen LogP contribution in [0.4, 0.5) is 5.13 Å². The number of nitrogens with one attached hydrogen (secondary N) is 1. The van der Waals surface area contributed by atoms with Gasteiger partial charge in [0.1, 0.15) is 10.6 Å². The van der Waals surface area contributed by atoms with Crippen LogP contribution in [0.25, 0.3) is 11.5 Å². The molecule has 4 heterocycles. The summed E-state index contributed by atoms with van der Waals surface area (Å²) >= 11 is 1.23. The fourth-order valence-electron chi connectivity index (χ4n) is 4.71. The molecule has 2 aliphatic heterocycles. The molecular formula is C24H32N4O5S. The highest BCUT2D eigenvalue weighted by Gasteiger charge is 2.44. The van der Waals surface area contributed by atoms with Crippen LogP contribution < -0.4 is 5.32 Å². The number of methoxy groups -OCH3 is 1. The standard InChI is InChI=1S/C24H32N4O5S/c1-31-24(6-7-24)16-28-10-8-27(9-11-28)15-19(29)25-23-26-20(18-3-2-12-33-18)22(34-23)21(30)17-4-13-32-14-5-17/h2-3,12,17H,4-11,13-16H2,1H3,(H,25,26,29). The van der Waals surface area contributed by atoms with Crippen LogP contribution >= 0.6 is 11.3 Å². The summed E-state index contributed by atoms with van der Waals surface area (Å²) < 4.78 is 16.6. The Morgan fingerprint density at radius 2 is 1.94 bits per heavy atom. The van der Waals surface area contributed by atoms with Gasteiger partial charge >= 0.3 is 0 Å². The van der Waals surface area contributed by atoms with Crippen LogP contribution in [0.1, 0.15) is 35.4 Å². The molecule has 1 aliphatic carbocycles. The lowest BCUT2D eigenvalue weighted by Crippen LogP contribution is -2.50. The lowest BCUT2D eigenvalue weighted by molar-refractivity contribution is -0.117. The van der Waals surface area contributed by atoms with Crippen LogP contribution in [0.3, 0.4) is 0 Å². The molecule has 184 valence electrons. The number of ketones is 1. The predicted molar refractivity (Wildman–Crippen MR) is 128 cm³/mol. The van der Waals surface area contributed by atoms with E-state index >= 15 is 0 Å². The smallest absolute Gasteiger partial charge is 0.240 e. The number of aromatic nitrogens is 1. The lowest BCUT2D eigenvalue weighted by Gasteiger charge is -2.35. The van der Waals surface area contributed by atoms with Gasteiger partial charge in [-0.15, -0.1) is 0 Å². The first-order valence-corrected chi connectivity index (χ1v) is 12.8. The van der Waals surface area contributed by atoms with E-state index in [1.165, 1.54) is 11.3 Å². The van der Waals surface area contributed by atoms with Gasteiger partial charge in [-0.3, -0.25) is 19.4 Å². The molecule has 10 heteroatoms. The van der Waals surface area contributed by atoms with E-state index in [0.29, 0.717) is 54.1 Å². The third-order valence-corrected chi connectivity index (χ3v) is 8.01. The van der Waals surface area contributed by atoms with Crippen molar-refractivity contribution in [3.63, 3.8) is 0 Å². The Kier molecular flexibility index (Phi) is 7.12. The zero-order valence-electron chi connectivity index (χ0n) is 19.6. The summed E-state index contributed by atoms with van der Waals surface area (Å²) in [4.78, 5) is 35.7. The number of ether oxygens (including phenoxy) is 2. The summed E-state index contributed by atoms with van der Waals surface area (Å²) in [6, 6.07) is 3.56. The van der Waals surface area contributed by atoms with Crippen LogP contribution in [0.15, 0.2) is 22.8 Å². The lowest BCUT2D eigenvalue weighted by atomic mass is 9.94. The monoisotopic (exact) mass is 488 g/mol. The van der Waals surface area contributed by atoms with E-state index in [4.69, 9.17) is 13.9 Å². The molecule has 0 spiro atoms. The van der Waals surface area contributed by atoms with E-state index < -0.39 is 0 Å². The molecule has 0 bridgehead atoms. The van der Waals surface area contributed by atoms with E-state index in [0.717, 1.165) is 45.6 Å². The summed E-state index contributed by atoms with van der Waals surface area (Å²) in [6.45, 7) is 6.02. The number of thiazole rings is 1. The van der Waals surface area contributed by atoms with Gasteiger partial charge in [-0.2, -0.15) is 0 Å². The second-order valence-corrected chi connectivity index (χ2v) is 10.4. The number of nitrogens with zero attached hydrogens (tertiary/aromatic N) is 3. The Morgan fingerprint density at radius 1 is 1.21 bits per heavy atom. The van der Waals surface area contributed by atoms with E-state index in [2.05, 4.69) is 20.1 Å². The van der Waals surface area contributed by atoms with Gasteiger partial charge < -0.3 is 19.2 Å². The average molecular weight is 489 g/mol. The first-order chi connectivity index (χ1) is 16.5. The minimum atomic E-state index is -0.117. The molecule has 2 aromatic rings. The molecule has 3 fully saturated rings. The Bertz CT molecular complexity index is 989. The molecule has 0 unspecified atom stereocenters. The first kappa shape index (κ1) is 23.6. The molecule has 0 aromatic carbocycles. The maximum absolute atomic E-state index is 13.2. The first-order valence-electron chi connectivity index (χ1n) is 12.0. The highest BCUT2D eigenvalue weighted by atomic mass is 32.1. The minimum absolute atomic E-state index is 0.0494. The number of anilines is 1. The molecular weight excluding hydrogens is 456 g/mol. The van der Waals surface area contributed by atoms with Gasteiger partial charge in [0, 0.05) is 59.0 Å². The van der Waals surface area contributed by atoms with Gasteiger partial charge in [0.05, 0.1) is 18.4 Å². The van der Waals surface area contributed by atoms with Crippen LogP contribution in [-0.2, 0) is 14.3 Å². The van der Waals surface area contributed by atoms with Gasteiger partial charge in [0.15, 0.2) is 16.7 Å². The maximum atomic E-state index is 13.2. The van der Waals surface area contributed by atoms with Crippen molar-refractivity contribution in [1.82, 2.24) is 14.8 Å². The van der Waals surface area contributed by atoms with E-state index in [9.17, 15) is 9.59 Å². The summed E-state index contributed by atoms with van der Waals surface area (Å²) in [5.74, 6) is 0.380. The molecule has 34 heavy (non-hydrogen) atoms. The molecule has 9 nitrogen and oxygen atoms in total. The molecule has 1 saturated carbocycles. The highest BCUT2D eigenvalue weighted by Crippen LogP contribution is 2.39. The Morgan fingerprint density at radius 3 is 2.59 bits per heavy atom. The Labute approximate surface area is 203 Å². The highest BCUT2D eigenvalue weighted by molar-refractivity contribution is 7.18. The van der Waals surface area contributed by atoms with Crippen molar-refractivity contribution in [3.05, 3.63) is 23.3 Å². The van der Waals surface area contributed by atoms with Gasteiger partial charge in [-0.1, -0.05) is 11.3 Å². The summed E-state index contributed by atoms with van der Waals surface area (Å²) in [7, 11) is 1.80. The minimum Gasteiger partial charge on any atom is -0.463 e. The fraction of sp³-hybridized carbons (Fsp3) is 0.625. The average Bonchev–Trinajstić information content (AvgIpc) is 3.22. The van der Waals surface area contributed by atoms with E-state index in [1.807, 2.05) is 0 Å². The van der Waals surface area contributed by atoms with E-state index in [-0.39, 0.29) is 23.2 Å². The van der Waals surface area contributed by atoms with Crippen molar-refractivity contribution >= 4 is 28.2 Å². The van der Waals surface area contributed by atoms with Gasteiger partial charge in [0.25, 0.3) is 0 Å². The molecule has 0 radical (unpaired) electrons. The maximum Gasteiger partial charge on any atom is 0.240 e. The molecule has 2 aromatic heterocycles. The number of hydrogen-bond acceptors (Lipinski definition) is 9. The van der Waals surface area contributed by atoms with Crippen LogP contribution in [-0.4, -0.2) is 91.7 Å².